The molecule has 0 spiro atoms. The van der Waals surface area contributed by atoms with Gasteiger partial charge in [-0.25, -0.2) is 4.79 Å². The molecular formula is C25H27NO5. The number of aryl methyl sites for hydroxylation is 1. The van der Waals surface area contributed by atoms with Crippen LogP contribution in [0.15, 0.2) is 60.2 Å². The number of carbonyl (C=O) groups is 2. The van der Waals surface area contributed by atoms with Crippen LogP contribution in [-0.2, 0) is 20.7 Å². The average molecular weight is 421 g/mol. The molecule has 162 valence electrons. The topological polar surface area (TPSA) is 86.5 Å². The van der Waals surface area contributed by atoms with Gasteiger partial charge in [-0.05, 0) is 42.4 Å². The van der Waals surface area contributed by atoms with Gasteiger partial charge in [-0.3, -0.25) is 14.9 Å². The quantitative estimate of drug-likeness (QED) is 0.186. The lowest BCUT2D eigenvalue weighted by Gasteiger charge is -2.37. The van der Waals surface area contributed by atoms with Crippen molar-refractivity contribution in [2.45, 2.75) is 58.0 Å². The molecule has 1 unspecified atom stereocenters. The number of hydrogen-bond acceptors (Lipinski definition) is 5. The lowest BCUT2D eigenvalue weighted by molar-refractivity contribution is -0.384. The number of non-ortho nitro benzene ring substituents is 1. The first-order chi connectivity index (χ1) is 14.9. The third-order valence-corrected chi connectivity index (χ3v) is 5.75. The number of ketones is 1. The number of ether oxygens (including phenoxy) is 1. The Hall–Kier alpha value is -3.28. The Morgan fingerprint density at radius 3 is 2.42 bits per heavy atom. The third-order valence-electron chi connectivity index (χ3n) is 5.75. The van der Waals surface area contributed by atoms with Crippen molar-refractivity contribution in [1.29, 1.82) is 0 Å². The molecule has 0 aliphatic carbocycles. The number of carbonyl (C=O) groups excluding carboxylic acids is 2. The average Bonchev–Trinajstić information content (AvgIpc) is 2.76. The summed E-state index contributed by atoms with van der Waals surface area (Å²) in [5.74, 6) is -0.873. The van der Waals surface area contributed by atoms with Crippen molar-refractivity contribution in [1.82, 2.24) is 0 Å². The van der Waals surface area contributed by atoms with E-state index in [0.29, 0.717) is 36.8 Å². The zero-order valence-corrected chi connectivity index (χ0v) is 17.9. The van der Waals surface area contributed by atoms with Crippen molar-refractivity contribution in [3.63, 3.8) is 0 Å². The second-order valence-electron chi connectivity index (χ2n) is 7.92. The van der Waals surface area contributed by atoms with E-state index in [1.54, 1.807) is 12.1 Å². The van der Waals surface area contributed by atoms with Crippen LogP contribution in [0.3, 0.4) is 0 Å². The van der Waals surface area contributed by atoms with Crippen LogP contribution in [0.1, 0.15) is 57.1 Å². The predicted octanol–water partition coefficient (Wildman–Crippen LogP) is 5.45. The highest BCUT2D eigenvalue weighted by atomic mass is 16.6. The number of rotatable bonds is 8. The van der Waals surface area contributed by atoms with E-state index < -0.39 is 16.5 Å². The fourth-order valence-electron chi connectivity index (χ4n) is 4.28. The first-order valence-electron chi connectivity index (χ1n) is 10.7. The van der Waals surface area contributed by atoms with E-state index in [1.165, 1.54) is 12.1 Å². The van der Waals surface area contributed by atoms with Crippen LogP contribution in [0.25, 0.3) is 5.57 Å². The van der Waals surface area contributed by atoms with Crippen LogP contribution in [0, 0.1) is 10.1 Å². The number of nitro groups is 1. The molecule has 0 bridgehead atoms. The molecule has 0 N–H and O–H groups in total. The molecule has 1 aliphatic heterocycles. The number of Topliss-reactive ketones (excluding diaryl/α,β-unsaturated/α-hetero) is 1. The zero-order valence-electron chi connectivity index (χ0n) is 17.9. The molecule has 0 radical (unpaired) electrons. The normalized spacial score (nSPS) is 20.3. The number of nitrogens with zero attached hydrogens (tertiary/aromatic N) is 1. The predicted molar refractivity (Wildman–Crippen MR) is 118 cm³/mol. The molecule has 0 saturated carbocycles. The van der Waals surface area contributed by atoms with Crippen LogP contribution < -0.4 is 0 Å². The molecule has 6 nitrogen and oxygen atoms in total. The summed E-state index contributed by atoms with van der Waals surface area (Å²) >= 11 is 0. The van der Waals surface area contributed by atoms with Crippen LogP contribution in [0.4, 0.5) is 5.69 Å². The summed E-state index contributed by atoms with van der Waals surface area (Å²) in [6.45, 7) is 3.83. The molecule has 2 aromatic rings. The van der Waals surface area contributed by atoms with Gasteiger partial charge < -0.3 is 4.74 Å². The lowest BCUT2D eigenvalue weighted by atomic mass is 9.80. The standard InChI is InChI=1S/C25H27NO5/c1-3-14-25(15-13-18-9-6-5-7-10-18)17-22(27)23(24(28)31-25)21(4-2)19-11-8-12-20(16-19)26(29)30/h5-12,16H,3-4,13-15,17H2,1-2H3. The fourth-order valence-corrected chi connectivity index (χ4v) is 4.28. The Labute approximate surface area is 182 Å². The molecule has 31 heavy (non-hydrogen) atoms. The summed E-state index contributed by atoms with van der Waals surface area (Å²) in [4.78, 5) is 36.9. The number of allylic oxidation sites excluding steroid dienone is 1. The number of hydrogen-bond donors (Lipinski definition) is 0. The Morgan fingerprint density at radius 1 is 1.06 bits per heavy atom. The van der Waals surface area contributed by atoms with E-state index in [4.69, 9.17) is 4.74 Å². The van der Waals surface area contributed by atoms with E-state index in [1.807, 2.05) is 44.2 Å². The Kier molecular flexibility index (Phi) is 7.00. The maximum absolute atomic E-state index is 13.2. The van der Waals surface area contributed by atoms with Crippen molar-refractivity contribution in [3.05, 3.63) is 81.4 Å². The monoisotopic (exact) mass is 421 g/mol. The molecular weight excluding hydrogens is 394 g/mol. The molecule has 3 rings (SSSR count). The Morgan fingerprint density at radius 2 is 1.81 bits per heavy atom. The van der Waals surface area contributed by atoms with E-state index in [2.05, 4.69) is 0 Å². The van der Waals surface area contributed by atoms with Gasteiger partial charge in [-0.2, -0.15) is 0 Å². The SMILES string of the molecule is CCCC1(CCc2ccccc2)CC(=O)C(=C(CC)c2cccc([N+](=O)[O-])c2)C(=O)O1. The van der Waals surface area contributed by atoms with Crippen molar-refractivity contribution in [2.24, 2.45) is 0 Å². The highest BCUT2D eigenvalue weighted by Crippen LogP contribution is 2.38. The van der Waals surface area contributed by atoms with Gasteiger partial charge in [0, 0.05) is 12.1 Å². The molecule has 1 fully saturated rings. The van der Waals surface area contributed by atoms with Gasteiger partial charge >= 0.3 is 5.97 Å². The van der Waals surface area contributed by atoms with Gasteiger partial charge in [-0.1, -0.05) is 62.7 Å². The van der Waals surface area contributed by atoms with Gasteiger partial charge in [-0.15, -0.1) is 0 Å². The first-order valence-corrected chi connectivity index (χ1v) is 10.7. The van der Waals surface area contributed by atoms with Gasteiger partial charge in [0.05, 0.1) is 11.3 Å². The van der Waals surface area contributed by atoms with E-state index in [-0.39, 0.29) is 23.5 Å². The Balaban J connectivity index is 1.92. The largest absolute Gasteiger partial charge is 0.455 e. The first kappa shape index (κ1) is 22.4. The Bertz CT molecular complexity index is 990. The summed E-state index contributed by atoms with van der Waals surface area (Å²) in [7, 11) is 0. The maximum atomic E-state index is 13.2. The minimum Gasteiger partial charge on any atom is -0.455 e. The molecule has 6 heteroatoms. The van der Waals surface area contributed by atoms with E-state index in [0.717, 1.165) is 12.0 Å². The smallest absolute Gasteiger partial charge is 0.342 e. The zero-order chi connectivity index (χ0) is 22.4. The van der Waals surface area contributed by atoms with Crippen molar-refractivity contribution in [3.8, 4) is 0 Å². The fraction of sp³-hybridized carbons (Fsp3) is 0.360. The molecule has 0 amide bonds. The summed E-state index contributed by atoms with van der Waals surface area (Å²) in [6.07, 6.45) is 3.22. The summed E-state index contributed by atoms with van der Waals surface area (Å²) < 4.78 is 5.95. The molecule has 1 saturated heterocycles. The lowest BCUT2D eigenvalue weighted by Crippen LogP contribution is -2.44. The van der Waals surface area contributed by atoms with Crippen LogP contribution in [0.2, 0.25) is 0 Å². The van der Waals surface area contributed by atoms with Crippen LogP contribution in [0.5, 0.6) is 0 Å². The van der Waals surface area contributed by atoms with Crippen molar-refractivity contribution in [2.75, 3.05) is 0 Å². The van der Waals surface area contributed by atoms with Crippen LogP contribution >= 0.6 is 0 Å². The summed E-state index contributed by atoms with van der Waals surface area (Å²) in [5, 5.41) is 11.1. The van der Waals surface area contributed by atoms with Crippen molar-refractivity contribution < 1.29 is 19.2 Å². The van der Waals surface area contributed by atoms with E-state index in [9.17, 15) is 19.7 Å². The van der Waals surface area contributed by atoms with Gasteiger partial charge in [0.2, 0.25) is 0 Å². The summed E-state index contributed by atoms with van der Waals surface area (Å²) in [6, 6.07) is 16.0. The molecule has 1 atom stereocenters. The molecule has 0 aromatic heterocycles. The molecule has 1 heterocycles. The second kappa shape index (κ2) is 9.69. The highest BCUT2D eigenvalue weighted by molar-refractivity contribution is 6.24. The number of benzene rings is 2. The van der Waals surface area contributed by atoms with Crippen molar-refractivity contribution >= 4 is 23.0 Å². The van der Waals surface area contributed by atoms with Crippen LogP contribution in [-0.4, -0.2) is 22.3 Å². The highest BCUT2D eigenvalue weighted by Gasteiger charge is 2.44. The minimum atomic E-state index is -0.816. The second-order valence-corrected chi connectivity index (χ2v) is 7.92. The van der Waals surface area contributed by atoms with E-state index >= 15 is 0 Å². The minimum absolute atomic E-state index is 0.0226. The molecule has 1 aliphatic rings. The maximum Gasteiger partial charge on any atom is 0.342 e. The molecule has 2 aromatic carbocycles. The summed E-state index contributed by atoms with van der Waals surface area (Å²) in [5.41, 5.74) is 1.26. The number of cyclic esters (lactones) is 1. The third kappa shape index (κ3) is 5.08. The van der Waals surface area contributed by atoms with Gasteiger partial charge in [0.25, 0.3) is 5.69 Å². The van der Waals surface area contributed by atoms with Gasteiger partial charge in [0.15, 0.2) is 5.78 Å². The number of nitro benzene ring substituents is 1. The number of esters is 1. The van der Waals surface area contributed by atoms with Gasteiger partial charge in [0.1, 0.15) is 11.2 Å².